The van der Waals surface area contributed by atoms with Gasteiger partial charge in [0.25, 0.3) is 0 Å². The monoisotopic (exact) mass is 304 g/mol. The van der Waals surface area contributed by atoms with Crippen LogP contribution < -0.4 is 0 Å². The molecule has 0 aliphatic heterocycles. The molecular formula is C12H5Cl2F3N2. The van der Waals surface area contributed by atoms with Gasteiger partial charge >= 0.3 is 6.18 Å². The minimum atomic E-state index is -4.41. The summed E-state index contributed by atoms with van der Waals surface area (Å²) < 4.78 is 38.2. The van der Waals surface area contributed by atoms with Gasteiger partial charge in [-0.15, -0.1) is 0 Å². The lowest BCUT2D eigenvalue weighted by atomic mass is 10.1. The van der Waals surface area contributed by atoms with E-state index in [9.17, 15) is 13.2 Å². The van der Waals surface area contributed by atoms with Crippen molar-refractivity contribution in [2.24, 2.45) is 0 Å². The van der Waals surface area contributed by atoms with Crippen LogP contribution in [0.1, 0.15) is 5.56 Å². The Morgan fingerprint density at radius 2 is 1.89 bits per heavy atom. The van der Waals surface area contributed by atoms with Gasteiger partial charge in [0.05, 0.1) is 15.6 Å². The Morgan fingerprint density at radius 1 is 1.16 bits per heavy atom. The number of rotatable bonds is 0. The highest BCUT2D eigenvalue weighted by atomic mass is 35.5. The van der Waals surface area contributed by atoms with Gasteiger partial charge in [0.1, 0.15) is 5.65 Å². The molecule has 1 N–H and O–H groups in total. The number of pyridine rings is 1. The highest BCUT2D eigenvalue weighted by Gasteiger charge is 2.31. The van der Waals surface area contributed by atoms with Crippen molar-refractivity contribution in [2.75, 3.05) is 0 Å². The first kappa shape index (κ1) is 12.6. The van der Waals surface area contributed by atoms with Crippen LogP contribution in [0.5, 0.6) is 0 Å². The van der Waals surface area contributed by atoms with Crippen molar-refractivity contribution in [3.05, 3.63) is 40.0 Å². The average Bonchev–Trinajstić information content (AvgIpc) is 2.70. The molecule has 0 amide bonds. The molecule has 3 aromatic rings. The second kappa shape index (κ2) is 4.02. The van der Waals surface area contributed by atoms with Crippen molar-refractivity contribution < 1.29 is 13.2 Å². The summed E-state index contributed by atoms with van der Waals surface area (Å²) in [5, 5.41) is 1.14. The normalized spacial score (nSPS) is 12.5. The van der Waals surface area contributed by atoms with E-state index in [1.54, 1.807) is 0 Å². The largest absolute Gasteiger partial charge is 0.416 e. The van der Waals surface area contributed by atoms with Crippen LogP contribution in [-0.2, 0) is 6.18 Å². The molecule has 0 spiro atoms. The Balaban J connectivity index is 2.44. The fraction of sp³-hybridized carbons (Fsp3) is 0.0833. The number of fused-ring (bicyclic) bond motifs is 3. The lowest BCUT2D eigenvalue weighted by molar-refractivity contribution is -0.137. The molecule has 2 aromatic heterocycles. The summed E-state index contributed by atoms with van der Waals surface area (Å²) in [6, 6.07) is 3.40. The zero-order valence-electron chi connectivity index (χ0n) is 9.15. The maximum Gasteiger partial charge on any atom is 0.416 e. The van der Waals surface area contributed by atoms with Gasteiger partial charge in [-0.3, -0.25) is 0 Å². The van der Waals surface area contributed by atoms with E-state index in [2.05, 4.69) is 9.97 Å². The van der Waals surface area contributed by atoms with Crippen LogP contribution in [0.2, 0.25) is 10.0 Å². The minimum Gasteiger partial charge on any atom is -0.339 e. The second-order valence-electron chi connectivity index (χ2n) is 4.03. The van der Waals surface area contributed by atoms with Crippen molar-refractivity contribution in [2.45, 2.75) is 6.18 Å². The third-order valence-corrected chi connectivity index (χ3v) is 3.62. The molecule has 0 radical (unpaired) electrons. The highest BCUT2D eigenvalue weighted by molar-refractivity contribution is 6.46. The molecule has 19 heavy (non-hydrogen) atoms. The van der Waals surface area contributed by atoms with Gasteiger partial charge in [0.15, 0.2) is 0 Å². The summed E-state index contributed by atoms with van der Waals surface area (Å²) in [5.41, 5.74) is 0.195. The molecule has 0 saturated carbocycles. The quantitative estimate of drug-likeness (QED) is 0.619. The number of aromatic amines is 1. The van der Waals surface area contributed by atoms with Crippen LogP contribution in [0.15, 0.2) is 24.4 Å². The number of nitrogens with zero attached hydrogens (tertiary/aromatic N) is 1. The van der Waals surface area contributed by atoms with Crippen molar-refractivity contribution in [3.63, 3.8) is 0 Å². The van der Waals surface area contributed by atoms with Crippen LogP contribution in [-0.4, -0.2) is 9.97 Å². The predicted octanol–water partition coefficient (Wildman–Crippen LogP) is 5.04. The molecule has 0 unspecified atom stereocenters. The van der Waals surface area contributed by atoms with Crippen LogP contribution in [0.4, 0.5) is 13.2 Å². The maximum absolute atomic E-state index is 12.7. The number of nitrogens with one attached hydrogen (secondary N) is 1. The second-order valence-corrected chi connectivity index (χ2v) is 4.81. The Bertz CT molecular complexity index is 793. The molecule has 0 aliphatic rings. The van der Waals surface area contributed by atoms with E-state index >= 15 is 0 Å². The molecule has 1 aromatic carbocycles. The lowest BCUT2D eigenvalue weighted by Crippen LogP contribution is -2.03. The third kappa shape index (κ3) is 1.93. The smallest absolute Gasteiger partial charge is 0.339 e. The van der Waals surface area contributed by atoms with Crippen molar-refractivity contribution in [3.8, 4) is 0 Å². The van der Waals surface area contributed by atoms with E-state index in [1.807, 2.05) is 0 Å². The van der Waals surface area contributed by atoms with Gasteiger partial charge in [0.2, 0.25) is 0 Å². The van der Waals surface area contributed by atoms with Gasteiger partial charge in [-0.05, 0) is 18.2 Å². The Hall–Kier alpha value is -1.46. The molecule has 7 heteroatoms. The summed E-state index contributed by atoms with van der Waals surface area (Å²) in [5.74, 6) is 0. The van der Waals surface area contributed by atoms with Crippen LogP contribution in [0.3, 0.4) is 0 Å². The molecule has 0 bridgehead atoms. The molecule has 0 saturated heterocycles. The van der Waals surface area contributed by atoms with Crippen molar-refractivity contribution in [1.29, 1.82) is 0 Å². The Kier molecular flexibility index (Phi) is 2.66. The summed E-state index contributed by atoms with van der Waals surface area (Å²) in [6.07, 6.45) is -3.05. The maximum atomic E-state index is 12.7. The van der Waals surface area contributed by atoms with E-state index in [4.69, 9.17) is 23.2 Å². The van der Waals surface area contributed by atoms with Gasteiger partial charge < -0.3 is 4.98 Å². The fourth-order valence-corrected chi connectivity index (χ4v) is 2.35. The molecule has 2 heterocycles. The number of aromatic nitrogens is 2. The zero-order valence-corrected chi connectivity index (χ0v) is 10.7. The van der Waals surface area contributed by atoms with Gasteiger partial charge in [-0.25, -0.2) is 4.98 Å². The summed E-state index contributed by atoms with van der Waals surface area (Å²) in [6.45, 7) is 0. The minimum absolute atomic E-state index is 0.192. The SMILES string of the molecule is FC(F)(F)c1ccc2[nH]c3ncc(Cl)c(Cl)c3c2c1. The number of H-pyrrole nitrogens is 1. The summed E-state index contributed by atoms with van der Waals surface area (Å²) in [7, 11) is 0. The number of hydrogen-bond acceptors (Lipinski definition) is 1. The molecule has 0 aliphatic carbocycles. The molecule has 0 atom stereocenters. The summed E-state index contributed by atoms with van der Waals surface area (Å²) in [4.78, 5) is 6.92. The first-order valence-corrected chi connectivity index (χ1v) is 5.96. The number of alkyl halides is 3. The molecular weight excluding hydrogens is 300 g/mol. The van der Waals surface area contributed by atoms with Gasteiger partial charge in [0, 0.05) is 22.5 Å². The molecule has 98 valence electrons. The Morgan fingerprint density at radius 3 is 2.58 bits per heavy atom. The van der Waals surface area contributed by atoms with Gasteiger partial charge in [-0.2, -0.15) is 13.2 Å². The van der Waals surface area contributed by atoms with Crippen LogP contribution in [0.25, 0.3) is 21.9 Å². The van der Waals surface area contributed by atoms with Crippen molar-refractivity contribution >= 4 is 45.1 Å². The van der Waals surface area contributed by atoms with Crippen molar-refractivity contribution in [1.82, 2.24) is 9.97 Å². The fourth-order valence-electron chi connectivity index (χ4n) is 1.97. The number of halogens is 5. The molecule has 3 rings (SSSR count). The predicted molar refractivity (Wildman–Crippen MR) is 68.6 cm³/mol. The average molecular weight is 305 g/mol. The van der Waals surface area contributed by atoms with E-state index in [-0.39, 0.29) is 10.0 Å². The first-order chi connectivity index (χ1) is 8.88. The summed E-state index contributed by atoms with van der Waals surface area (Å²) >= 11 is 11.9. The van der Waals surface area contributed by atoms with Crippen LogP contribution >= 0.6 is 23.2 Å². The van der Waals surface area contributed by atoms with E-state index < -0.39 is 11.7 Å². The first-order valence-electron chi connectivity index (χ1n) is 5.20. The van der Waals surface area contributed by atoms with Crippen LogP contribution in [0, 0.1) is 0 Å². The molecule has 0 fully saturated rings. The van der Waals surface area contributed by atoms with E-state index in [0.717, 1.165) is 12.1 Å². The van der Waals surface area contributed by atoms with E-state index in [0.29, 0.717) is 21.9 Å². The Labute approximate surface area is 115 Å². The number of hydrogen-bond donors (Lipinski definition) is 1. The van der Waals surface area contributed by atoms with E-state index in [1.165, 1.54) is 12.3 Å². The highest BCUT2D eigenvalue weighted by Crippen LogP contribution is 2.37. The lowest BCUT2D eigenvalue weighted by Gasteiger charge is -2.06. The van der Waals surface area contributed by atoms with Gasteiger partial charge in [-0.1, -0.05) is 23.2 Å². The third-order valence-electron chi connectivity index (χ3n) is 2.84. The zero-order chi connectivity index (χ0) is 13.8. The molecule has 2 nitrogen and oxygen atoms in total. The topological polar surface area (TPSA) is 28.7 Å². The number of benzene rings is 1. The standard InChI is InChI=1S/C12H5Cl2F3N2/c13-7-4-18-11-9(10(7)14)6-3-5(12(15,16)17)1-2-8(6)19-11/h1-4H,(H,18,19).